The number of nitrogens with one attached hydrogen (secondary N) is 2. The fraction of sp³-hybridized carbons (Fsp3) is 0.500. The number of hydrogen-bond donors (Lipinski definition) is 2. The monoisotopic (exact) mass is 288 g/mol. The Labute approximate surface area is 125 Å². The standard InChI is InChI=1S/C16H24N4O/c1-11(2)8-14(16(21)20(3)4)18-9-12-10-19-15-13(12)6-5-7-17-15/h5-7,10-11,14,18H,8-9H2,1-4H3,(H,17,19). The van der Waals surface area contributed by atoms with Crippen LogP contribution in [0.4, 0.5) is 0 Å². The molecule has 0 radical (unpaired) electrons. The number of hydrogen-bond acceptors (Lipinski definition) is 3. The highest BCUT2D eigenvalue weighted by Crippen LogP contribution is 2.16. The van der Waals surface area contributed by atoms with Crippen LogP contribution in [0.1, 0.15) is 25.8 Å². The smallest absolute Gasteiger partial charge is 0.239 e. The van der Waals surface area contributed by atoms with Gasteiger partial charge in [0.1, 0.15) is 5.65 Å². The van der Waals surface area contributed by atoms with Gasteiger partial charge in [0, 0.05) is 38.4 Å². The molecule has 2 rings (SSSR count). The van der Waals surface area contributed by atoms with Gasteiger partial charge in [-0.15, -0.1) is 0 Å². The molecule has 0 aliphatic carbocycles. The molecule has 0 aliphatic rings. The molecule has 5 heteroatoms. The van der Waals surface area contributed by atoms with E-state index in [4.69, 9.17) is 0 Å². The van der Waals surface area contributed by atoms with Gasteiger partial charge in [-0.25, -0.2) is 4.98 Å². The summed E-state index contributed by atoms with van der Waals surface area (Å²) in [4.78, 5) is 21.3. The van der Waals surface area contributed by atoms with E-state index in [-0.39, 0.29) is 11.9 Å². The normalized spacial score (nSPS) is 12.8. The highest BCUT2D eigenvalue weighted by Gasteiger charge is 2.21. The second-order valence-corrected chi connectivity index (χ2v) is 6.01. The molecule has 1 amide bonds. The maximum atomic E-state index is 12.2. The Morgan fingerprint density at radius 3 is 2.86 bits per heavy atom. The molecule has 5 nitrogen and oxygen atoms in total. The van der Waals surface area contributed by atoms with Crippen LogP contribution in [0.15, 0.2) is 24.5 Å². The summed E-state index contributed by atoms with van der Waals surface area (Å²) >= 11 is 0. The van der Waals surface area contributed by atoms with E-state index in [0.29, 0.717) is 12.5 Å². The molecule has 0 aliphatic heterocycles. The zero-order chi connectivity index (χ0) is 15.4. The molecule has 0 spiro atoms. The average Bonchev–Trinajstić information content (AvgIpc) is 2.85. The molecule has 0 saturated carbocycles. The second-order valence-electron chi connectivity index (χ2n) is 6.01. The van der Waals surface area contributed by atoms with E-state index in [9.17, 15) is 4.79 Å². The summed E-state index contributed by atoms with van der Waals surface area (Å²) in [5, 5.41) is 4.49. The van der Waals surface area contributed by atoms with Crippen molar-refractivity contribution < 1.29 is 4.79 Å². The summed E-state index contributed by atoms with van der Waals surface area (Å²) in [6.45, 7) is 4.92. The van der Waals surface area contributed by atoms with E-state index in [1.807, 2.05) is 18.3 Å². The number of aromatic nitrogens is 2. The topological polar surface area (TPSA) is 61.0 Å². The number of H-pyrrole nitrogens is 1. The van der Waals surface area contributed by atoms with Crippen LogP contribution < -0.4 is 5.32 Å². The summed E-state index contributed by atoms with van der Waals surface area (Å²) in [6.07, 6.45) is 4.56. The Morgan fingerprint density at radius 1 is 1.43 bits per heavy atom. The third kappa shape index (κ3) is 3.82. The molecule has 21 heavy (non-hydrogen) atoms. The lowest BCUT2D eigenvalue weighted by atomic mass is 10.0. The first-order chi connectivity index (χ1) is 9.99. The van der Waals surface area contributed by atoms with Gasteiger partial charge in [0.2, 0.25) is 5.91 Å². The van der Waals surface area contributed by atoms with Crippen molar-refractivity contribution in [2.24, 2.45) is 5.92 Å². The van der Waals surface area contributed by atoms with Gasteiger partial charge in [-0.1, -0.05) is 13.8 Å². The summed E-state index contributed by atoms with van der Waals surface area (Å²) in [6, 6.07) is 3.82. The van der Waals surface area contributed by atoms with Gasteiger partial charge >= 0.3 is 0 Å². The van der Waals surface area contributed by atoms with Crippen molar-refractivity contribution >= 4 is 16.9 Å². The largest absolute Gasteiger partial charge is 0.347 e. The summed E-state index contributed by atoms with van der Waals surface area (Å²) in [7, 11) is 3.60. The molecule has 1 atom stereocenters. The molecule has 0 aromatic carbocycles. The third-order valence-corrected chi connectivity index (χ3v) is 3.52. The first-order valence-corrected chi connectivity index (χ1v) is 7.34. The minimum Gasteiger partial charge on any atom is -0.347 e. The van der Waals surface area contributed by atoms with Gasteiger partial charge in [-0.3, -0.25) is 4.79 Å². The quantitative estimate of drug-likeness (QED) is 0.856. The Morgan fingerprint density at radius 2 is 2.19 bits per heavy atom. The van der Waals surface area contributed by atoms with Gasteiger partial charge in [0.15, 0.2) is 0 Å². The number of pyridine rings is 1. The van der Waals surface area contributed by atoms with Crippen molar-refractivity contribution in [2.45, 2.75) is 32.9 Å². The third-order valence-electron chi connectivity index (χ3n) is 3.52. The van der Waals surface area contributed by atoms with Crippen molar-refractivity contribution in [2.75, 3.05) is 14.1 Å². The molecule has 0 saturated heterocycles. The number of carbonyl (C=O) groups is 1. The Balaban J connectivity index is 2.09. The zero-order valence-electron chi connectivity index (χ0n) is 13.2. The molecule has 2 heterocycles. The molecule has 2 N–H and O–H groups in total. The van der Waals surface area contributed by atoms with Crippen LogP contribution in [0.25, 0.3) is 11.0 Å². The van der Waals surface area contributed by atoms with Crippen LogP contribution in [0.2, 0.25) is 0 Å². The highest BCUT2D eigenvalue weighted by atomic mass is 16.2. The second kappa shape index (κ2) is 6.72. The maximum absolute atomic E-state index is 12.2. The average molecular weight is 288 g/mol. The van der Waals surface area contributed by atoms with Crippen LogP contribution in [0.3, 0.4) is 0 Å². The van der Waals surface area contributed by atoms with Crippen LogP contribution in [0, 0.1) is 5.92 Å². The van der Waals surface area contributed by atoms with Crippen molar-refractivity contribution in [3.05, 3.63) is 30.1 Å². The van der Waals surface area contributed by atoms with Crippen molar-refractivity contribution in [1.29, 1.82) is 0 Å². The van der Waals surface area contributed by atoms with E-state index in [2.05, 4.69) is 29.1 Å². The number of fused-ring (bicyclic) bond motifs is 1. The van der Waals surface area contributed by atoms with Gasteiger partial charge < -0.3 is 15.2 Å². The number of likely N-dealkylation sites (N-methyl/N-ethyl adjacent to an activating group) is 1. The van der Waals surface area contributed by atoms with Crippen LogP contribution >= 0.6 is 0 Å². The fourth-order valence-electron chi connectivity index (χ4n) is 2.45. The molecule has 2 aromatic heterocycles. The Bertz CT molecular complexity index is 603. The van der Waals surface area contributed by atoms with E-state index in [1.165, 1.54) is 0 Å². The highest BCUT2D eigenvalue weighted by molar-refractivity contribution is 5.82. The van der Waals surface area contributed by atoms with Crippen molar-refractivity contribution in [3.63, 3.8) is 0 Å². The molecule has 1 unspecified atom stereocenters. The lowest BCUT2D eigenvalue weighted by molar-refractivity contribution is -0.131. The van der Waals surface area contributed by atoms with Gasteiger partial charge in [-0.2, -0.15) is 0 Å². The van der Waals surface area contributed by atoms with E-state index >= 15 is 0 Å². The van der Waals surface area contributed by atoms with E-state index < -0.39 is 0 Å². The fourth-order valence-corrected chi connectivity index (χ4v) is 2.45. The molecular weight excluding hydrogens is 264 g/mol. The van der Waals surface area contributed by atoms with Gasteiger partial charge in [-0.05, 0) is 30.0 Å². The van der Waals surface area contributed by atoms with Crippen LogP contribution in [-0.2, 0) is 11.3 Å². The Kier molecular flexibility index (Phi) is 4.96. The van der Waals surface area contributed by atoms with Gasteiger partial charge in [0.05, 0.1) is 6.04 Å². The molecule has 0 bridgehead atoms. The SMILES string of the molecule is CC(C)CC(NCc1c[nH]c2ncccc12)C(=O)N(C)C. The molecule has 0 fully saturated rings. The lowest BCUT2D eigenvalue weighted by Gasteiger charge is -2.23. The van der Waals surface area contributed by atoms with E-state index in [0.717, 1.165) is 23.0 Å². The molecule has 114 valence electrons. The number of rotatable bonds is 6. The number of carbonyl (C=O) groups excluding carboxylic acids is 1. The first-order valence-electron chi connectivity index (χ1n) is 7.34. The van der Waals surface area contributed by atoms with Crippen LogP contribution in [0.5, 0.6) is 0 Å². The minimum absolute atomic E-state index is 0.127. The van der Waals surface area contributed by atoms with E-state index in [1.54, 1.807) is 25.2 Å². The zero-order valence-corrected chi connectivity index (χ0v) is 13.2. The lowest BCUT2D eigenvalue weighted by Crippen LogP contribution is -2.44. The Hall–Kier alpha value is -1.88. The summed E-state index contributed by atoms with van der Waals surface area (Å²) < 4.78 is 0. The number of aromatic amines is 1. The van der Waals surface area contributed by atoms with Crippen LogP contribution in [-0.4, -0.2) is 40.9 Å². The van der Waals surface area contributed by atoms with Crippen molar-refractivity contribution in [3.8, 4) is 0 Å². The summed E-state index contributed by atoms with van der Waals surface area (Å²) in [5.41, 5.74) is 2.02. The summed E-state index contributed by atoms with van der Waals surface area (Å²) in [5.74, 6) is 0.595. The van der Waals surface area contributed by atoms with Gasteiger partial charge in [0.25, 0.3) is 0 Å². The first kappa shape index (κ1) is 15.5. The molecular formula is C16H24N4O. The predicted molar refractivity (Wildman–Crippen MR) is 84.9 cm³/mol. The predicted octanol–water partition coefficient (Wildman–Crippen LogP) is 2.16. The maximum Gasteiger partial charge on any atom is 0.239 e. The van der Waals surface area contributed by atoms with Crippen molar-refractivity contribution in [1.82, 2.24) is 20.2 Å². The minimum atomic E-state index is -0.151. The number of amides is 1. The molecule has 2 aromatic rings. The number of nitrogens with zero attached hydrogens (tertiary/aromatic N) is 2.